The summed E-state index contributed by atoms with van der Waals surface area (Å²) in [4.78, 5) is 11.8. The van der Waals surface area contributed by atoms with Crippen LogP contribution in [0.4, 0.5) is 0 Å². The number of nitrogens with one attached hydrogen (secondary N) is 1. The largest absolute Gasteiger partial charge is 0.359 e. The zero-order valence-corrected chi connectivity index (χ0v) is 16.0. The van der Waals surface area contributed by atoms with Crippen molar-refractivity contribution in [3.63, 3.8) is 0 Å². The molecular formula is C17H25ClN2O3S. The second kappa shape index (κ2) is 7.85. The fourth-order valence-corrected chi connectivity index (χ4v) is 5.40. The first-order chi connectivity index (χ1) is 11.3. The van der Waals surface area contributed by atoms with Crippen LogP contribution >= 0.6 is 11.6 Å². The van der Waals surface area contributed by atoms with Crippen molar-refractivity contribution >= 4 is 27.5 Å². The van der Waals surface area contributed by atoms with Gasteiger partial charge < -0.3 is 5.32 Å². The standard InChI is InChI=1S/C17H25ClN2O3S/c1-12-11-16(13(2)10-15(12)18)24(22,23)20-9-5-4-6-14(20)7-8-17(21)19-3/h10-11,14H,4-9H2,1-3H3,(H,19,21). The Morgan fingerprint density at radius 3 is 2.67 bits per heavy atom. The van der Waals surface area contributed by atoms with Gasteiger partial charge in [0.25, 0.3) is 0 Å². The highest BCUT2D eigenvalue weighted by Gasteiger charge is 2.34. The summed E-state index contributed by atoms with van der Waals surface area (Å²) in [5, 5.41) is 3.16. The Bertz CT molecular complexity index is 719. The predicted octanol–water partition coefficient (Wildman–Crippen LogP) is 3.03. The van der Waals surface area contributed by atoms with Crippen molar-refractivity contribution in [1.29, 1.82) is 0 Å². The van der Waals surface area contributed by atoms with E-state index in [0.29, 0.717) is 34.9 Å². The quantitative estimate of drug-likeness (QED) is 0.863. The van der Waals surface area contributed by atoms with Crippen molar-refractivity contribution in [2.75, 3.05) is 13.6 Å². The normalized spacial score (nSPS) is 19.2. The molecule has 0 radical (unpaired) electrons. The van der Waals surface area contributed by atoms with E-state index in [1.54, 1.807) is 37.3 Å². The highest BCUT2D eigenvalue weighted by molar-refractivity contribution is 7.89. The molecule has 1 fully saturated rings. The van der Waals surface area contributed by atoms with Crippen LogP contribution in [0.15, 0.2) is 17.0 Å². The molecule has 0 aromatic heterocycles. The van der Waals surface area contributed by atoms with E-state index in [2.05, 4.69) is 5.32 Å². The van der Waals surface area contributed by atoms with Crippen LogP contribution in [0.3, 0.4) is 0 Å². The van der Waals surface area contributed by atoms with E-state index in [0.717, 1.165) is 24.8 Å². The molecule has 1 N–H and O–H groups in total. The Balaban J connectivity index is 2.31. The fourth-order valence-electron chi connectivity index (χ4n) is 3.16. The average molecular weight is 373 g/mol. The summed E-state index contributed by atoms with van der Waals surface area (Å²) in [5.41, 5.74) is 1.40. The average Bonchev–Trinajstić information content (AvgIpc) is 2.56. The first-order valence-electron chi connectivity index (χ1n) is 8.26. The molecule has 1 aliphatic rings. The van der Waals surface area contributed by atoms with E-state index in [1.807, 2.05) is 0 Å². The third-order valence-electron chi connectivity index (χ3n) is 4.60. The number of hydrogen-bond acceptors (Lipinski definition) is 3. The van der Waals surface area contributed by atoms with E-state index in [-0.39, 0.29) is 11.9 Å². The maximum Gasteiger partial charge on any atom is 0.243 e. The molecule has 1 aromatic rings. The smallest absolute Gasteiger partial charge is 0.243 e. The van der Waals surface area contributed by atoms with E-state index < -0.39 is 10.0 Å². The van der Waals surface area contributed by atoms with E-state index in [1.165, 1.54) is 0 Å². The van der Waals surface area contributed by atoms with Gasteiger partial charge in [-0.15, -0.1) is 0 Å². The Labute approximate surface area is 149 Å². The molecule has 1 saturated heterocycles. The van der Waals surface area contributed by atoms with Crippen molar-refractivity contribution in [2.45, 2.75) is 56.9 Å². The maximum atomic E-state index is 13.2. The Morgan fingerprint density at radius 2 is 2.00 bits per heavy atom. The van der Waals surface area contributed by atoms with Crippen LogP contribution in [0.1, 0.15) is 43.2 Å². The van der Waals surface area contributed by atoms with Gasteiger partial charge >= 0.3 is 0 Å². The molecule has 1 aliphatic heterocycles. The molecule has 24 heavy (non-hydrogen) atoms. The molecule has 0 aliphatic carbocycles. The lowest BCUT2D eigenvalue weighted by atomic mass is 10.0. The number of carbonyl (C=O) groups is 1. The number of nitrogens with zero attached hydrogens (tertiary/aromatic N) is 1. The summed E-state index contributed by atoms with van der Waals surface area (Å²) >= 11 is 6.10. The lowest BCUT2D eigenvalue weighted by Crippen LogP contribution is -2.44. The first kappa shape index (κ1) is 19.2. The van der Waals surface area contributed by atoms with Gasteiger partial charge in [-0.05, 0) is 56.4 Å². The lowest BCUT2D eigenvalue weighted by molar-refractivity contribution is -0.120. The number of carbonyl (C=O) groups excluding carboxylic acids is 1. The summed E-state index contributed by atoms with van der Waals surface area (Å²) < 4.78 is 27.9. The molecule has 0 saturated carbocycles. The SMILES string of the molecule is CNC(=O)CCC1CCCCN1S(=O)(=O)c1cc(C)c(Cl)cc1C. The maximum absolute atomic E-state index is 13.2. The number of benzene rings is 1. The van der Waals surface area contributed by atoms with Crippen LogP contribution in [0.5, 0.6) is 0 Å². The number of halogens is 1. The van der Waals surface area contributed by atoms with E-state index >= 15 is 0 Å². The molecular weight excluding hydrogens is 348 g/mol. The summed E-state index contributed by atoms with van der Waals surface area (Å²) in [6.07, 6.45) is 3.52. The molecule has 2 rings (SSSR count). The van der Waals surface area contributed by atoms with Gasteiger partial charge in [-0.3, -0.25) is 4.79 Å². The van der Waals surface area contributed by atoms with Gasteiger partial charge in [-0.2, -0.15) is 4.31 Å². The number of sulfonamides is 1. The highest BCUT2D eigenvalue weighted by Crippen LogP contribution is 2.31. The van der Waals surface area contributed by atoms with Crippen molar-refractivity contribution in [1.82, 2.24) is 9.62 Å². The molecule has 1 atom stereocenters. The molecule has 1 aromatic carbocycles. The van der Waals surface area contributed by atoms with Crippen molar-refractivity contribution in [3.8, 4) is 0 Å². The Kier molecular flexibility index (Phi) is 6.28. The summed E-state index contributed by atoms with van der Waals surface area (Å²) in [5.74, 6) is -0.0589. The third kappa shape index (κ3) is 4.10. The topological polar surface area (TPSA) is 66.5 Å². The number of piperidine rings is 1. The van der Waals surface area contributed by atoms with Crippen LogP contribution in [0, 0.1) is 13.8 Å². The fraction of sp³-hybridized carbons (Fsp3) is 0.588. The number of hydrogen-bond donors (Lipinski definition) is 1. The molecule has 7 heteroatoms. The molecule has 1 unspecified atom stereocenters. The minimum Gasteiger partial charge on any atom is -0.359 e. The molecule has 0 spiro atoms. The van der Waals surface area contributed by atoms with E-state index in [4.69, 9.17) is 11.6 Å². The number of amides is 1. The van der Waals surface area contributed by atoms with Gasteiger partial charge in [-0.1, -0.05) is 18.0 Å². The van der Waals surface area contributed by atoms with Crippen molar-refractivity contribution in [3.05, 3.63) is 28.3 Å². The van der Waals surface area contributed by atoms with Gasteiger partial charge in [0.05, 0.1) is 4.90 Å². The van der Waals surface area contributed by atoms with Crippen molar-refractivity contribution < 1.29 is 13.2 Å². The van der Waals surface area contributed by atoms with Crippen LogP contribution < -0.4 is 5.32 Å². The van der Waals surface area contributed by atoms with Gasteiger partial charge in [-0.25, -0.2) is 8.42 Å². The minimum atomic E-state index is -3.59. The summed E-state index contributed by atoms with van der Waals surface area (Å²) in [7, 11) is -2.00. The Hall–Kier alpha value is -1.11. The molecule has 134 valence electrons. The monoisotopic (exact) mass is 372 g/mol. The van der Waals surface area contributed by atoms with Gasteiger partial charge in [0.2, 0.25) is 15.9 Å². The molecule has 5 nitrogen and oxygen atoms in total. The van der Waals surface area contributed by atoms with Gasteiger partial charge in [0.1, 0.15) is 0 Å². The number of rotatable bonds is 5. The van der Waals surface area contributed by atoms with Gasteiger partial charge in [0, 0.05) is 31.1 Å². The summed E-state index contributed by atoms with van der Waals surface area (Å²) in [6, 6.07) is 3.22. The Morgan fingerprint density at radius 1 is 1.29 bits per heavy atom. The summed E-state index contributed by atoms with van der Waals surface area (Å²) in [6.45, 7) is 4.07. The van der Waals surface area contributed by atoms with Crippen LogP contribution in [-0.2, 0) is 14.8 Å². The van der Waals surface area contributed by atoms with Crippen LogP contribution in [0.25, 0.3) is 0 Å². The molecule has 1 amide bonds. The van der Waals surface area contributed by atoms with E-state index in [9.17, 15) is 13.2 Å². The molecule has 0 bridgehead atoms. The van der Waals surface area contributed by atoms with Crippen LogP contribution in [0.2, 0.25) is 5.02 Å². The second-order valence-electron chi connectivity index (χ2n) is 6.34. The second-order valence-corrected chi connectivity index (χ2v) is 8.61. The number of aryl methyl sites for hydroxylation is 2. The first-order valence-corrected chi connectivity index (χ1v) is 10.1. The molecule has 1 heterocycles. The van der Waals surface area contributed by atoms with Crippen molar-refractivity contribution in [2.24, 2.45) is 0 Å². The van der Waals surface area contributed by atoms with Crippen LogP contribution in [-0.4, -0.2) is 38.3 Å². The predicted molar refractivity (Wildman–Crippen MR) is 95.8 cm³/mol. The third-order valence-corrected chi connectivity index (χ3v) is 7.10. The zero-order valence-electron chi connectivity index (χ0n) is 14.4. The zero-order chi connectivity index (χ0) is 17.9. The highest BCUT2D eigenvalue weighted by atomic mass is 35.5. The lowest BCUT2D eigenvalue weighted by Gasteiger charge is -2.35. The minimum absolute atomic E-state index is 0.0589. The van der Waals surface area contributed by atoms with Gasteiger partial charge in [0.15, 0.2) is 0 Å².